The van der Waals surface area contributed by atoms with Crippen molar-refractivity contribution in [2.24, 2.45) is 0 Å². The Balaban J connectivity index is 1.91. The molecule has 1 aromatic carbocycles. The summed E-state index contributed by atoms with van der Waals surface area (Å²) in [6.07, 6.45) is -3.66. The maximum Gasteiger partial charge on any atom is 0.418 e. The molecule has 4 rings (SSSR count). The van der Waals surface area contributed by atoms with Crippen molar-refractivity contribution >= 4 is 0 Å². The van der Waals surface area contributed by atoms with Gasteiger partial charge in [0.2, 0.25) is 0 Å². The number of ether oxygens (including phenoxy) is 1. The van der Waals surface area contributed by atoms with E-state index >= 15 is 0 Å². The number of aryl methyl sites for hydroxylation is 1. The smallest absolute Gasteiger partial charge is 0.418 e. The highest BCUT2D eigenvalue weighted by molar-refractivity contribution is 5.51. The number of aromatic nitrogens is 1. The summed E-state index contributed by atoms with van der Waals surface area (Å²) in [5.41, 5.74) is 0.937. The molecule has 0 bridgehead atoms. The van der Waals surface area contributed by atoms with Gasteiger partial charge in [0.05, 0.1) is 11.3 Å². The SMILES string of the molecule is Cc1cc2c(cc1F)Oc1cc(C(F)(F)F)cnc1C1CN(C)CC21. The van der Waals surface area contributed by atoms with Crippen molar-refractivity contribution in [1.82, 2.24) is 9.88 Å². The number of hydrogen-bond acceptors (Lipinski definition) is 3. The van der Waals surface area contributed by atoms with Crippen LogP contribution in [0, 0.1) is 12.7 Å². The zero-order chi connectivity index (χ0) is 17.9. The van der Waals surface area contributed by atoms with Crippen LogP contribution in [-0.4, -0.2) is 30.0 Å². The molecule has 132 valence electrons. The highest BCUT2D eigenvalue weighted by Crippen LogP contribution is 2.50. The van der Waals surface area contributed by atoms with Gasteiger partial charge in [-0.3, -0.25) is 4.98 Å². The minimum Gasteiger partial charge on any atom is -0.455 e. The topological polar surface area (TPSA) is 25.4 Å². The van der Waals surface area contributed by atoms with Gasteiger partial charge >= 0.3 is 6.18 Å². The Bertz CT molecular complexity index is 850. The van der Waals surface area contributed by atoms with Crippen molar-refractivity contribution in [3.63, 3.8) is 0 Å². The molecule has 0 N–H and O–H groups in total. The number of alkyl halides is 3. The number of nitrogens with zero attached hydrogens (tertiary/aromatic N) is 2. The lowest BCUT2D eigenvalue weighted by atomic mass is 9.85. The van der Waals surface area contributed by atoms with E-state index in [1.54, 1.807) is 13.0 Å². The number of fused-ring (bicyclic) bond motifs is 5. The van der Waals surface area contributed by atoms with Gasteiger partial charge < -0.3 is 9.64 Å². The van der Waals surface area contributed by atoms with Crippen LogP contribution in [0.15, 0.2) is 24.4 Å². The Labute approximate surface area is 142 Å². The van der Waals surface area contributed by atoms with E-state index in [0.717, 1.165) is 17.8 Å². The second-order valence-corrected chi connectivity index (χ2v) is 6.78. The van der Waals surface area contributed by atoms with Gasteiger partial charge in [0.25, 0.3) is 0 Å². The van der Waals surface area contributed by atoms with Gasteiger partial charge in [-0.15, -0.1) is 0 Å². The van der Waals surface area contributed by atoms with Crippen molar-refractivity contribution in [3.8, 4) is 11.5 Å². The van der Waals surface area contributed by atoms with Crippen LogP contribution in [0.4, 0.5) is 17.6 Å². The molecule has 25 heavy (non-hydrogen) atoms. The fourth-order valence-corrected chi connectivity index (χ4v) is 3.75. The number of rotatable bonds is 0. The average molecular weight is 352 g/mol. The van der Waals surface area contributed by atoms with Crippen LogP contribution in [0.3, 0.4) is 0 Å². The Kier molecular flexibility index (Phi) is 3.54. The zero-order valence-corrected chi connectivity index (χ0v) is 13.7. The summed E-state index contributed by atoms with van der Waals surface area (Å²) in [4.78, 5) is 6.19. The molecule has 2 atom stereocenters. The fraction of sp³-hybridized carbons (Fsp3) is 0.389. The first kappa shape index (κ1) is 16.3. The third kappa shape index (κ3) is 2.66. The quantitative estimate of drug-likeness (QED) is 0.655. The second kappa shape index (κ2) is 5.42. The van der Waals surface area contributed by atoms with Crippen LogP contribution < -0.4 is 4.74 Å². The average Bonchev–Trinajstić information content (AvgIpc) is 2.86. The van der Waals surface area contributed by atoms with Crippen molar-refractivity contribution in [2.45, 2.75) is 24.9 Å². The summed E-state index contributed by atoms with van der Waals surface area (Å²) >= 11 is 0. The molecule has 1 fully saturated rings. The molecule has 2 unspecified atom stereocenters. The molecule has 1 aromatic heterocycles. The van der Waals surface area contributed by atoms with Gasteiger partial charge in [-0.2, -0.15) is 13.2 Å². The monoisotopic (exact) mass is 352 g/mol. The maximum absolute atomic E-state index is 14.0. The molecule has 3 heterocycles. The summed E-state index contributed by atoms with van der Waals surface area (Å²) in [5, 5.41) is 0. The first-order chi connectivity index (χ1) is 11.7. The number of halogens is 4. The summed E-state index contributed by atoms with van der Waals surface area (Å²) in [6.45, 7) is 3.05. The highest BCUT2D eigenvalue weighted by atomic mass is 19.4. The Hall–Kier alpha value is -2.15. The van der Waals surface area contributed by atoms with Gasteiger partial charge in [-0.05, 0) is 31.7 Å². The van der Waals surface area contributed by atoms with Crippen molar-refractivity contribution in [2.75, 3.05) is 20.1 Å². The van der Waals surface area contributed by atoms with E-state index < -0.39 is 17.6 Å². The number of likely N-dealkylation sites (tertiary alicyclic amines) is 1. The largest absolute Gasteiger partial charge is 0.455 e. The van der Waals surface area contributed by atoms with Crippen molar-refractivity contribution in [1.29, 1.82) is 0 Å². The third-order valence-corrected chi connectivity index (χ3v) is 4.97. The van der Waals surface area contributed by atoms with Gasteiger partial charge in [0.15, 0.2) is 0 Å². The molecular weight excluding hydrogens is 336 g/mol. The number of pyridine rings is 1. The Morgan fingerprint density at radius 1 is 1.12 bits per heavy atom. The molecule has 0 amide bonds. The Morgan fingerprint density at radius 2 is 1.84 bits per heavy atom. The van der Waals surface area contributed by atoms with Crippen molar-refractivity contribution < 1.29 is 22.3 Å². The van der Waals surface area contributed by atoms with E-state index in [2.05, 4.69) is 9.88 Å². The van der Waals surface area contributed by atoms with Gasteiger partial charge in [-0.25, -0.2) is 4.39 Å². The van der Waals surface area contributed by atoms with Crippen LogP contribution in [-0.2, 0) is 6.18 Å². The van der Waals surface area contributed by atoms with E-state index in [0.29, 0.717) is 24.3 Å². The third-order valence-electron chi connectivity index (χ3n) is 4.97. The van der Waals surface area contributed by atoms with E-state index in [9.17, 15) is 17.6 Å². The molecule has 7 heteroatoms. The van der Waals surface area contributed by atoms with Crippen LogP contribution in [0.2, 0.25) is 0 Å². The minimum atomic E-state index is -4.51. The molecule has 0 spiro atoms. The number of hydrogen-bond donors (Lipinski definition) is 0. The Morgan fingerprint density at radius 3 is 2.56 bits per heavy atom. The lowest BCUT2D eigenvalue weighted by Crippen LogP contribution is -2.15. The zero-order valence-electron chi connectivity index (χ0n) is 13.7. The number of likely N-dealkylation sites (N-methyl/N-ethyl adjacent to an activating group) is 1. The summed E-state index contributed by atoms with van der Waals surface area (Å²) in [6, 6.07) is 3.96. The molecule has 0 saturated carbocycles. The van der Waals surface area contributed by atoms with Crippen molar-refractivity contribution in [3.05, 3.63) is 52.6 Å². The van der Waals surface area contributed by atoms with Crippen LogP contribution >= 0.6 is 0 Å². The van der Waals surface area contributed by atoms with Gasteiger partial charge in [-0.1, -0.05) is 0 Å². The molecule has 1 saturated heterocycles. The van der Waals surface area contributed by atoms with E-state index in [-0.39, 0.29) is 23.3 Å². The van der Waals surface area contributed by atoms with E-state index in [1.165, 1.54) is 6.07 Å². The van der Waals surface area contributed by atoms with Crippen LogP contribution in [0.25, 0.3) is 0 Å². The molecule has 3 nitrogen and oxygen atoms in total. The molecular formula is C18H16F4N2O. The lowest BCUT2D eigenvalue weighted by molar-refractivity contribution is -0.137. The van der Waals surface area contributed by atoms with E-state index in [1.807, 2.05) is 7.05 Å². The minimum absolute atomic E-state index is 0.00443. The first-order valence-electron chi connectivity index (χ1n) is 7.97. The summed E-state index contributed by atoms with van der Waals surface area (Å²) < 4.78 is 58.9. The lowest BCUT2D eigenvalue weighted by Gasteiger charge is -2.17. The standard InChI is InChI=1S/C18H16F4N2O/c1-9-3-11-12-7-24(2)8-13(12)17-16(25-15(11)5-14(9)19)4-10(6-23-17)18(20,21)22/h3-6,12-13H,7-8H2,1-2H3. The molecule has 2 aliphatic rings. The number of benzene rings is 1. The normalized spacial score (nSPS) is 22.6. The molecule has 0 radical (unpaired) electrons. The summed E-state index contributed by atoms with van der Waals surface area (Å²) in [5.74, 6) is -0.196. The fourth-order valence-electron chi connectivity index (χ4n) is 3.75. The predicted octanol–water partition coefficient (Wildman–Crippen LogP) is 4.47. The van der Waals surface area contributed by atoms with Gasteiger partial charge in [0.1, 0.15) is 17.3 Å². The predicted molar refractivity (Wildman–Crippen MR) is 83.4 cm³/mol. The van der Waals surface area contributed by atoms with E-state index in [4.69, 9.17) is 4.74 Å². The molecule has 2 aliphatic heterocycles. The molecule has 0 aliphatic carbocycles. The molecule has 2 aromatic rings. The van der Waals surface area contributed by atoms with Gasteiger partial charge in [0, 0.05) is 42.8 Å². The second-order valence-electron chi connectivity index (χ2n) is 6.78. The summed E-state index contributed by atoms with van der Waals surface area (Å²) in [7, 11) is 1.95. The van der Waals surface area contributed by atoms with Crippen LogP contribution in [0.5, 0.6) is 11.5 Å². The van der Waals surface area contributed by atoms with Crippen LogP contribution in [0.1, 0.15) is 34.2 Å². The maximum atomic E-state index is 14.0. The first-order valence-corrected chi connectivity index (χ1v) is 7.97. The highest BCUT2D eigenvalue weighted by Gasteiger charge is 2.41.